The van der Waals surface area contributed by atoms with Gasteiger partial charge in [-0.3, -0.25) is 4.90 Å². The summed E-state index contributed by atoms with van der Waals surface area (Å²) >= 11 is 0. The third kappa shape index (κ3) is 1.89. The molecule has 0 spiro atoms. The van der Waals surface area contributed by atoms with E-state index in [4.69, 9.17) is 0 Å². The molecular formula is C11H22N2. The average molecular weight is 182 g/mol. The molecule has 0 aromatic heterocycles. The topological polar surface area (TPSA) is 15.3 Å². The van der Waals surface area contributed by atoms with Gasteiger partial charge in [-0.2, -0.15) is 0 Å². The van der Waals surface area contributed by atoms with Gasteiger partial charge in [-0.15, -0.1) is 0 Å². The van der Waals surface area contributed by atoms with E-state index in [9.17, 15) is 0 Å². The van der Waals surface area contributed by atoms with E-state index in [0.29, 0.717) is 0 Å². The molecule has 2 heteroatoms. The van der Waals surface area contributed by atoms with Crippen molar-refractivity contribution < 1.29 is 0 Å². The fourth-order valence-corrected chi connectivity index (χ4v) is 2.69. The van der Waals surface area contributed by atoms with E-state index in [1.54, 1.807) is 0 Å². The Balaban J connectivity index is 1.95. The second kappa shape index (κ2) is 3.97. The number of hydrogen-bond acceptors (Lipinski definition) is 2. The summed E-state index contributed by atoms with van der Waals surface area (Å²) in [6.07, 6.45) is 4.22. The molecule has 2 fully saturated rings. The summed E-state index contributed by atoms with van der Waals surface area (Å²) in [5.41, 5.74) is 0. The number of likely N-dealkylation sites (N-methyl/N-ethyl adjacent to an activating group) is 1. The van der Waals surface area contributed by atoms with Crippen molar-refractivity contribution in [2.24, 2.45) is 5.92 Å². The molecule has 0 bridgehead atoms. The minimum absolute atomic E-state index is 0.836. The van der Waals surface area contributed by atoms with Gasteiger partial charge < -0.3 is 5.32 Å². The van der Waals surface area contributed by atoms with Gasteiger partial charge in [0, 0.05) is 18.6 Å². The highest BCUT2D eigenvalue weighted by Crippen LogP contribution is 2.32. The van der Waals surface area contributed by atoms with Crippen LogP contribution < -0.4 is 5.32 Å². The Bertz CT molecular complexity index is 165. The second-order valence-electron chi connectivity index (χ2n) is 4.46. The maximum atomic E-state index is 3.53. The van der Waals surface area contributed by atoms with Gasteiger partial charge in [0.2, 0.25) is 0 Å². The quantitative estimate of drug-likeness (QED) is 0.708. The Morgan fingerprint density at radius 1 is 1.23 bits per heavy atom. The molecule has 2 rings (SSSR count). The third-order valence-electron chi connectivity index (χ3n) is 3.64. The maximum absolute atomic E-state index is 3.53. The van der Waals surface area contributed by atoms with Gasteiger partial charge in [-0.1, -0.05) is 20.3 Å². The fraction of sp³-hybridized carbons (Fsp3) is 1.00. The summed E-state index contributed by atoms with van der Waals surface area (Å²) in [6.45, 7) is 8.34. The molecular weight excluding hydrogens is 160 g/mol. The fourth-order valence-electron chi connectivity index (χ4n) is 2.69. The van der Waals surface area contributed by atoms with Crippen molar-refractivity contribution in [2.45, 2.75) is 45.2 Å². The summed E-state index contributed by atoms with van der Waals surface area (Å²) in [6, 6.07) is 1.77. The van der Waals surface area contributed by atoms with Crippen LogP contribution in [-0.4, -0.2) is 36.6 Å². The highest BCUT2D eigenvalue weighted by molar-refractivity contribution is 4.94. The monoisotopic (exact) mass is 182 g/mol. The van der Waals surface area contributed by atoms with Crippen LogP contribution in [0.5, 0.6) is 0 Å². The Hall–Kier alpha value is -0.0800. The van der Waals surface area contributed by atoms with E-state index in [1.807, 2.05) is 0 Å². The molecule has 1 aliphatic heterocycles. The van der Waals surface area contributed by atoms with Crippen molar-refractivity contribution in [3.8, 4) is 0 Å². The lowest BCUT2D eigenvalue weighted by atomic mass is 9.99. The van der Waals surface area contributed by atoms with Gasteiger partial charge in [0.05, 0.1) is 0 Å². The molecule has 0 radical (unpaired) electrons. The molecule has 2 aliphatic rings. The molecule has 0 aromatic carbocycles. The van der Waals surface area contributed by atoms with E-state index >= 15 is 0 Å². The molecule has 13 heavy (non-hydrogen) atoms. The van der Waals surface area contributed by atoms with Gasteiger partial charge in [-0.25, -0.2) is 0 Å². The van der Waals surface area contributed by atoms with Crippen LogP contribution in [0.25, 0.3) is 0 Å². The van der Waals surface area contributed by atoms with Crippen LogP contribution in [0.4, 0.5) is 0 Å². The molecule has 1 saturated carbocycles. The lowest BCUT2D eigenvalue weighted by Crippen LogP contribution is -2.42. The molecule has 76 valence electrons. The summed E-state index contributed by atoms with van der Waals surface area (Å²) in [7, 11) is 0. The van der Waals surface area contributed by atoms with E-state index in [-0.39, 0.29) is 0 Å². The van der Waals surface area contributed by atoms with Gasteiger partial charge in [-0.05, 0) is 31.8 Å². The van der Waals surface area contributed by atoms with Crippen LogP contribution in [0.2, 0.25) is 0 Å². The highest BCUT2D eigenvalue weighted by Gasteiger charge is 2.37. The molecule has 0 aromatic rings. The van der Waals surface area contributed by atoms with Crippen molar-refractivity contribution in [3.05, 3.63) is 0 Å². The van der Waals surface area contributed by atoms with Crippen LogP contribution >= 0.6 is 0 Å². The van der Waals surface area contributed by atoms with Gasteiger partial charge in [0.15, 0.2) is 0 Å². The van der Waals surface area contributed by atoms with E-state index in [1.165, 1.54) is 38.9 Å². The standard InChI is InChI=1S/C11H22N2/c1-3-9-7-12-8-11(9)13(4-2)10-5-6-10/h9-12H,3-8H2,1-2H3. The zero-order valence-corrected chi connectivity index (χ0v) is 8.92. The zero-order valence-electron chi connectivity index (χ0n) is 8.92. The Labute approximate surface area is 81.7 Å². The first-order valence-corrected chi connectivity index (χ1v) is 5.83. The number of nitrogens with one attached hydrogen (secondary N) is 1. The largest absolute Gasteiger partial charge is 0.315 e. The first-order chi connectivity index (χ1) is 6.36. The molecule has 2 unspecified atom stereocenters. The third-order valence-corrected chi connectivity index (χ3v) is 3.64. The Morgan fingerprint density at radius 3 is 2.54 bits per heavy atom. The van der Waals surface area contributed by atoms with Crippen molar-refractivity contribution in [1.82, 2.24) is 10.2 Å². The Morgan fingerprint density at radius 2 is 2.00 bits per heavy atom. The van der Waals surface area contributed by atoms with Gasteiger partial charge in [0.25, 0.3) is 0 Å². The second-order valence-corrected chi connectivity index (χ2v) is 4.46. The van der Waals surface area contributed by atoms with Crippen LogP contribution in [-0.2, 0) is 0 Å². The van der Waals surface area contributed by atoms with Gasteiger partial charge >= 0.3 is 0 Å². The highest BCUT2D eigenvalue weighted by atomic mass is 15.2. The van der Waals surface area contributed by atoms with Crippen molar-refractivity contribution in [1.29, 1.82) is 0 Å². The first-order valence-electron chi connectivity index (χ1n) is 5.83. The van der Waals surface area contributed by atoms with E-state index in [2.05, 4.69) is 24.1 Å². The number of rotatable bonds is 4. The lowest BCUT2D eigenvalue weighted by molar-refractivity contribution is 0.168. The summed E-state index contributed by atoms with van der Waals surface area (Å²) in [5.74, 6) is 0.903. The minimum atomic E-state index is 0.836. The zero-order chi connectivity index (χ0) is 9.26. The SMILES string of the molecule is CCC1CNCC1N(CC)C1CC1. The predicted octanol–water partition coefficient (Wildman–Crippen LogP) is 1.47. The van der Waals surface area contributed by atoms with Crippen molar-refractivity contribution in [3.63, 3.8) is 0 Å². The van der Waals surface area contributed by atoms with Crippen molar-refractivity contribution in [2.75, 3.05) is 19.6 Å². The average Bonchev–Trinajstić information content (AvgIpc) is 2.86. The number of hydrogen-bond donors (Lipinski definition) is 1. The summed E-state index contributed by atoms with van der Waals surface area (Å²) in [4.78, 5) is 2.73. The first kappa shape index (κ1) is 9.47. The molecule has 2 nitrogen and oxygen atoms in total. The summed E-state index contributed by atoms with van der Waals surface area (Å²) in [5, 5.41) is 3.53. The Kier molecular flexibility index (Phi) is 2.89. The molecule has 1 N–H and O–H groups in total. The van der Waals surface area contributed by atoms with Crippen LogP contribution in [0, 0.1) is 5.92 Å². The van der Waals surface area contributed by atoms with Gasteiger partial charge in [0.1, 0.15) is 0 Å². The smallest absolute Gasteiger partial charge is 0.0263 e. The summed E-state index contributed by atoms with van der Waals surface area (Å²) < 4.78 is 0. The maximum Gasteiger partial charge on any atom is 0.0263 e. The predicted molar refractivity (Wildman–Crippen MR) is 55.8 cm³/mol. The molecule has 1 saturated heterocycles. The van der Waals surface area contributed by atoms with Crippen LogP contribution in [0.3, 0.4) is 0 Å². The normalized spacial score (nSPS) is 34.4. The lowest BCUT2D eigenvalue weighted by Gasteiger charge is -2.31. The van der Waals surface area contributed by atoms with Crippen molar-refractivity contribution >= 4 is 0 Å². The van der Waals surface area contributed by atoms with E-state index in [0.717, 1.165) is 18.0 Å². The minimum Gasteiger partial charge on any atom is -0.315 e. The molecule has 2 atom stereocenters. The van der Waals surface area contributed by atoms with E-state index < -0.39 is 0 Å². The van der Waals surface area contributed by atoms with Crippen LogP contribution in [0.1, 0.15) is 33.1 Å². The van der Waals surface area contributed by atoms with Crippen LogP contribution in [0.15, 0.2) is 0 Å². The number of nitrogens with zero attached hydrogens (tertiary/aromatic N) is 1. The molecule has 1 aliphatic carbocycles. The molecule has 1 heterocycles. The molecule has 0 amide bonds.